The lowest BCUT2D eigenvalue weighted by atomic mass is 10.1. The topological polar surface area (TPSA) is 54.2 Å². The number of hydrogen-bond acceptors (Lipinski definition) is 5. The molecule has 15 heavy (non-hydrogen) atoms. The van der Waals surface area contributed by atoms with Gasteiger partial charge in [0.25, 0.3) is 0 Å². The van der Waals surface area contributed by atoms with Crippen molar-refractivity contribution in [1.29, 1.82) is 0 Å². The normalized spacial score (nSPS) is 12.4. The highest BCUT2D eigenvalue weighted by atomic mass is 16.5. The van der Waals surface area contributed by atoms with E-state index in [2.05, 4.69) is 22.4 Å². The van der Waals surface area contributed by atoms with Crippen molar-refractivity contribution >= 4 is 0 Å². The summed E-state index contributed by atoms with van der Waals surface area (Å²) in [5.41, 5.74) is -0.233. The maximum Gasteiger partial charge on any atom is 0.240 e. The Labute approximate surface area is 90.8 Å². The predicted octanol–water partition coefficient (Wildman–Crippen LogP) is 0.976. The average molecular weight is 212 g/mol. The van der Waals surface area contributed by atoms with Crippen molar-refractivity contribution in [3.8, 4) is 0 Å². The lowest BCUT2D eigenvalue weighted by Gasteiger charge is -2.20. The molecule has 0 fully saturated rings. The van der Waals surface area contributed by atoms with Crippen molar-refractivity contribution in [2.24, 2.45) is 0 Å². The van der Waals surface area contributed by atoms with E-state index in [0.717, 1.165) is 6.54 Å². The molecule has 1 heterocycles. The van der Waals surface area contributed by atoms with Crippen LogP contribution in [0.2, 0.25) is 0 Å². The minimum atomic E-state index is -0.233. The SMILES string of the molecule is CCNC(C)(C)c1noc(CN(C)C)n1. The van der Waals surface area contributed by atoms with Gasteiger partial charge < -0.3 is 14.7 Å². The molecule has 0 saturated carbocycles. The Morgan fingerprint density at radius 1 is 1.40 bits per heavy atom. The van der Waals surface area contributed by atoms with Gasteiger partial charge >= 0.3 is 0 Å². The van der Waals surface area contributed by atoms with Crippen molar-refractivity contribution in [1.82, 2.24) is 20.4 Å². The Morgan fingerprint density at radius 2 is 2.07 bits per heavy atom. The molecule has 0 aromatic carbocycles. The van der Waals surface area contributed by atoms with Crippen LogP contribution in [-0.4, -0.2) is 35.7 Å². The third-order valence-electron chi connectivity index (χ3n) is 2.10. The van der Waals surface area contributed by atoms with Crippen LogP contribution in [0.25, 0.3) is 0 Å². The van der Waals surface area contributed by atoms with E-state index in [-0.39, 0.29) is 5.54 Å². The number of nitrogens with zero attached hydrogens (tertiary/aromatic N) is 3. The van der Waals surface area contributed by atoms with Crippen LogP contribution in [0.3, 0.4) is 0 Å². The molecular formula is C10H20N4O. The zero-order chi connectivity index (χ0) is 11.5. The van der Waals surface area contributed by atoms with Gasteiger partial charge in [-0.25, -0.2) is 0 Å². The monoisotopic (exact) mass is 212 g/mol. The Morgan fingerprint density at radius 3 is 2.60 bits per heavy atom. The van der Waals surface area contributed by atoms with Gasteiger partial charge in [0.15, 0.2) is 5.82 Å². The molecule has 5 heteroatoms. The summed E-state index contributed by atoms with van der Waals surface area (Å²) in [7, 11) is 3.94. The highest BCUT2D eigenvalue weighted by Crippen LogP contribution is 2.16. The van der Waals surface area contributed by atoms with Gasteiger partial charge in [-0.3, -0.25) is 0 Å². The Balaban J connectivity index is 2.74. The van der Waals surface area contributed by atoms with Crippen molar-refractivity contribution in [2.45, 2.75) is 32.9 Å². The molecule has 1 aromatic heterocycles. The summed E-state index contributed by atoms with van der Waals surface area (Å²) >= 11 is 0. The van der Waals surface area contributed by atoms with E-state index in [4.69, 9.17) is 4.52 Å². The highest BCUT2D eigenvalue weighted by molar-refractivity contribution is 5.00. The molecule has 0 amide bonds. The van der Waals surface area contributed by atoms with E-state index >= 15 is 0 Å². The van der Waals surface area contributed by atoms with Crippen LogP contribution in [-0.2, 0) is 12.1 Å². The van der Waals surface area contributed by atoms with Gasteiger partial charge in [0, 0.05) is 0 Å². The fourth-order valence-corrected chi connectivity index (χ4v) is 1.36. The summed E-state index contributed by atoms with van der Waals surface area (Å²) in [6.07, 6.45) is 0. The molecule has 0 radical (unpaired) electrons. The molecule has 5 nitrogen and oxygen atoms in total. The highest BCUT2D eigenvalue weighted by Gasteiger charge is 2.25. The van der Waals surface area contributed by atoms with Crippen molar-refractivity contribution in [3.05, 3.63) is 11.7 Å². The van der Waals surface area contributed by atoms with Gasteiger partial charge in [-0.15, -0.1) is 0 Å². The Bertz CT molecular complexity index is 306. The van der Waals surface area contributed by atoms with Crippen LogP contribution in [0.1, 0.15) is 32.5 Å². The maximum absolute atomic E-state index is 5.17. The number of aromatic nitrogens is 2. The molecule has 86 valence electrons. The number of nitrogens with one attached hydrogen (secondary N) is 1. The van der Waals surface area contributed by atoms with Crippen LogP contribution in [0.4, 0.5) is 0 Å². The van der Waals surface area contributed by atoms with E-state index < -0.39 is 0 Å². The Hall–Kier alpha value is -0.940. The molecule has 0 aliphatic carbocycles. The largest absolute Gasteiger partial charge is 0.338 e. The summed E-state index contributed by atoms with van der Waals surface area (Å²) in [6.45, 7) is 7.70. The third-order valence-corrected chi connectivity index (χ3v) is 2.10. The molecular weight excluding hydrogens is 192 g/mol. The molecule has 0 aliphatic heterocycles. The molecule has 1 aromatic rings. The van der Waals surface area contributed by atoms with E-state index in [9.17, 15) is 0 Å². The van der Waals surface area contributed by atoms with Crippen LogP contribution in [0, 0.1) is 0 Å². The van der Waals surface area contributed by atoms with E-state index in [1.807, 2.05) is 32.8 Å². The van der Waals surface area contributed by atoms with Crippen LogP contribution in [0.15, 0.2) is 4.52 Å². The number of rotatable bonds is 5. The second-order valence-electron chi connectivity index (χ2n) is 4.40. The molecule has 0 atom stereocenters. The van der Waals surface area contributed by atoms with E-state index in [1.54, 1.807) is 0 Å². The summed E-state index contributed by atoms with van der Waals surface area (Å²) < 4.78 is 5.17. The summed E-state index contributed by atoms with van der Waals surface area (Å²) in [5, 5.41) is 7.29. The van der Waals surface area contributed by atoms with E-state index in [1.165, 1.54) is 0 Å². The van der Waals surface area contributed by atoms with Crippen molar-refractivity contribution in [3.63, 3.8) is 0 Å². The zero-order valence-corrected chi connectivity index (χ0v) is 10.2. The lowest BCUT2D eigenvalue weighted by Crippen LogP contribution is -2.37. The first-order valence-corrected chi connectivity index (χ1v) is 5.18. The predicted molar refractivity (Wildman–Crippen MR) is 58.4 cm³/mol. The minimum Gasteiger partial charge on any atom is -0.338 e. The zero-order valence-electron chi connectivity index (χ0n) is 10.2. The molecule has 0 spiro atoms. The van der Waals surface area contributed by atoms with Crippen LogP contribution < -0.4 is 5.32 Å². The fourth-order valence-electron chi connectivity index (χ4n) is 1.36. The maximum atomic E-state index is 5.17. The third kappa shape index (κ3) is 3.28. The minimum absolute atomic E-state index is 0.233. The molecule has 1 rings (SSSR count). The number of hydrogen-bond donors (Lipinski definition) is 1. The second-order valence-corrected chi connectivity index (χ2v) is 4.40. The van der Waals surface area contributed by atoms with Gasteiger partial charge in [-0.1, -0.05) is 12.1 Å². The van der Waals surface area contributed by atoms with Crippen LogP contribution >= 0.6 is 0 Å². The van der Waals surface area contributed by atoms with Gasteiger partial charge in [0.05, 0.1) is 12.1 Å². The first-order chi connectivity index (χ1) is 6.95. The Kier molecular flexibility index (Phi) is 3.82. The van der Waals surface area contributed by atoms with Crippen LogP contribution in [0.5, 0.6) is 0 Å². The fraction of sp³-hybridized carbons (Fsp3) is 0.800. The first-order valence-electron chi connectivity index (χ1n) is 5.18. The molecule has 1 N–H and O–H groups in total. The summed E-state index contributed by atoms with van der Waals surface area (Å²) in [6, 6.07) is 0. The quantitative estimate of drug-likeness (QED) is 0.788. The smallest absolute Gasteiger partial charge is 0.240 e. The summed E-state index contributed by atoms with van der Waals surface area (Å²) in [4.78, 5) is 6.36. The molecule has 0 aliphatic rings. The molecule has 0 saturated heterocycles. The van der Waals surface area contributed by atoms with Crippen molar-refractivity contribution < 1.29 is 4.52 Å². The van der Waals surface area contributed by atoms with Gasteiger partial charge in [0.1, 0.15) is 0 Å². The first kappa shape index (κ1) is 12.1. The second kappa shape index (κ2) is 4.72. The van der Waals surface area contributed by atoms with Gasteiger partial charge in [-0.05, 0) is 34.5 Å². The lowest BCUT2D eigenvalue weighted by molar-refractivity contribution is 0.295. The standard InChI is InChI=1S/C10H20N4O/c1-6-11-10(2,3)9-12-8(15-13-9)7-14(4)5/h11H,6-7H2,1-5H3. The van der Waals surface area contributed by atoms with Crippen molar-refractivity contribution in [2.75, 3.05) is 20.6 Å². The van der Waals surface area contributed by atoms with E-state index in [0.29, 0.717) is 18.3 Å². The van der Waals surface area contributed by atoms with Gasteiger partial charge in [-0.2, -0.15) is 4.98 Å². The van der Waals surface area contributed by atoms with Gasteiger partial charge in [0.2, 0.25) is 5.89 Å². The molecule has 0 unspecified atom stereocenters. The average Bonchev–Trinajstić information content (AvgIpc) is 2.51. The summed E-state index contributed by atoms with van der Waals surface area (Å²) in [5.74, 6) is 1.36. The molecule has 0 bridgehead atoms.